The van der Waals surface area contributed by atoms with Crippen LogP contribution in [0.25, 0.3) is 0 Å². The largest absolute Gasteiger partial charge is 0.403 e. The third-order valence-corrected chi connectivity index (χ3v) is 13.4. The Hall–Kier alpha value is -3.57. The van der Waals surface area contributed by atoms with Crippen molar-refractivity contribution in [2.45, 2.75) is 64.5 Å². The second-order valence-corrected chi connectivity index (χ2v) is 17.2. The fourth-order valence-electron chi connectivity index (χ4n) is 6.41. The molecule has 0 amide bonds. The van der Waals surface area contributed by atoms with Gasteiger partial charge in [-0.25, -0.2) is 13.8 Å². The van der Waals surface area contributed by atoms with E-state index >= 15 is 8.78 Å². The van der Waals surface area contributed by atoms with Gasteiger partial charge in [0.25, 0.3) is 8.32 Å². The molecule has 0 spiro atoms. The Morgan fingerprint density at radius 1 is 1.00 bits per heavy atom. The summed E-state index contributed by atoms with van der Waals surface area (Å²) in [6.45, 7) is 10.9. The molecule has 45 heavy (non-hydrogen) atoms. The second kappa shape index (κ2) is 13.4. The van der Waals surface area contributed by atoms with Crippen LogP contribution >= 0.6 is 11.6 Å². The molecule has 3 aromatic carbocycles. The molecule has 0 N–H and O–H groups in total. The lowest BCUT2D eigenvalue weighted by atomic mass is 9.98. The Bertz CT molecular complexity index is 1590. The third-order valence-electron chi connectivity index (χ3n) is 8.19. The van der Waals surface area contributed by atoms with E-state index < -0.39 is 26.0 Å². The molecule has 0 radical (unpaired) electrons. The molecule has 0 saturated carbocycles. The minimum Gasteiger partial charge on any atom is -0.403 e. The van der Waals surface area contributed by atoms with Crippen molar-refractivity contribution in [1.29, 1.82) is 0 Å². The molecular formula is C34H37ClF2N4O3Si. The van der Waals surface area contributed by atoms with Crippen molar-refractivity contribution in [3.8, 4) is 0 Å². The maximum Gasteiger partial charge on any atom is 0.261 e. The molecule has 236 valence electrons. The summed E-state index contributed by atoms with van der Waals surface area (Å²) in [7, 11) is -3.07. The molecule has 2 heterocycles. The number of nitroso groups, excluding NO2 is 1. The maximum atomic E-state index is 16.4. The summed E-state index contributed by atoms with van der Waals surface area (Å²) in [5, 5.41) is 4.87. The van der Waals surface area contributed by atoms with Gasteiger partial charge in [0.05, 0.1) is 42.6 Å². The molecule has 3 atom stereocenters. The topological polar surface area (TPSA) is 76.9 Å². The van der Waals surface area contributed by atoms with E-state index in [0.29, 0.717) is 18.7 Å². The van der Waals surface area contributed by atoms with Gasteiger partial charge in [-0.05, 0) is 35.3 Å². The number of anilines is 1. The molecule has 1 aliphatic rings. The number of benzene rings is 3. The van der Waals surface area contributed by atoms with E-state index in [1.165, 1.54) is 18.5 Å². The van der Waals surface area contributed by atoms with Gasteiger partial charge in [-0.3, -0.25) is 4.98 Å². The van der Waals surface area contributed by atoms with Gasteiger partial charge < -0.3 is 14.1 Å². The summed E-state index contributed by atoms with van der Waals surface area (Å²) < 4.78 is 45.6. The molecule has 1 saturated heterocycles. The molecule has 7 nitrogen and oxygen atoms in total. The summed E-state index contributed by atoms with van der Waals surface area (Å²) in [5.74, 6) is -2.27. The second-order valence-electron chi connectivity index (χ2n) is 12.5. The fraction of sp³-hybridized carbons (Fsp3) is 0.353. The molecule has 1 fully saturated rings. The number of nitrogens with zero attached hydrogens (tertiary/aromatic N) is 4. The zero-order chi connectivity index (χ0) is 32.4. The van der Waals surface area contributed by atoms with Gasteiger partial charge in [0.1, 0.15) is 5.15 Å². The van der Waals surface area contributed by atoms with Crippen molar-refractivity contribution in [2.24, 2.45) is 5.18 Å². The van der Waals surface area contributed by atoms with Crippen molar-refractivity contribution in [1.82, 2.24) is 9.97 Å². The minimum atomic E-state index is -3.07. The Labute approximate surface area is 268 Å². The molecule has 0 bridgehead atoms. The van der Waals surface area contributed by atoms with Crippen LogP contribution in [0.3, 0.4) is 0 Å². The molecule has 1 aromatic heterocycles. The zero-order valence-corrected chi connectivity index (χ0v) is 27.8. The zero-order valence-electron chi connectivity index (χ0n) is 26.0. The highest BCUT2D eigenvalue weighted by atomic mass is 35.5. The van der Waals surface area contributed by atoms with Crippen molar-refractivity contribution in [3.63, 3.8) is 0 Å². The summed E-state index contributed by atoms with van der Waals surface area (Å²) in [5.41, 5.74) is 0.217. The lowest BCUT2D eigenvalue weighted by Crippen LogP contribution is -2.66. The first-order valence-electron chi connectivity index (χ1n) is 14.9. The van der Waals surface area contributed by atoms with Crippen LogP contribution < -0.4 is 15.3 Å². The normalized spacial score (nSPS) is 18.1. The molecule has 4 aromatic rings. The van der Waals surface area contributed by atoms with Gasteiger partial charge in [-0.2, -0.15) is 0 Å². The number of halogens is 3. The number of rotatable bonds is 9. The smallest absolute Gasteiger partial charge is 0.261 e. The van der Waals surface area contributed by atoms with Crippen LogP contribution in [0.15, 0.2) is 84.3 Å². The number of morpholine rings is 1. The van der Waals surface area contributed by atoms with Gasteiger partial charge in [-0.1, -0.05) is 98.2 Å². The van der Waals surface area contributed by atoms with Crippen LogP contribution in [0, 0.1) is 16.5 Å². The van der Waals surface area contributed by atoms with E-state index in [9.17, 15) is 4.91 Å². The lowest BCUT2D eigenvalue weighted by molar-refractivity contribution is -0.00553. The average Bonchev–Trinajstić information content (AvgIpc) is 3.00. The summed E-state index contributed by atoms with van der Waals surface area (Å²) in [6.07, 6.45) is 2.13. The number of hydrogen-bond donors (Lipinski definition) is 0. The van der Waals surface area contributed by atoms with Crippen LogP contribution in [0.2, 0.25) is 10.2 Å². The highest BCUT2D eigenvalue weighted by Crippen LogP contribution is 2.40. The minimum absolute atomic E-state index is 0.00480. The van der Waals surface area contributed by atoms with Crippen molar-refractivity contribution in [3.05, 3.63) is 118 Å². The monoisotopic (exact) mass is 650 g/mol. The first-order chi connectivity index (χ1) is 21.5. The molecular weight excluding hydrogens is 614 g/mol. The SMILES string of the molecule is CC1CN(c2c(CO[Si](c3ccccc3)(c3ccccc3)C(C)(C)C)cc(C(N=O)c3cncc(Cl)n3)c(F)c2F)CC(C)O1. The molecule has 3 unspecified atom stereocenters. The van der Waals surface area contributed by atoms with E-state index in [4.69, 9.17) is 20.8 Å². The van der Waals surface area contributed by atoms with E-state index in [1.807, 2.05) is 50.2 Å². The van der Waals surface area contributed by atoms with Crippen LogP contribution in [-0.4, -0.2) is 43.6 Å². The van der Waals surface area contributed by atoms with E-state index in [-0.39, 0.29) is 46.0 Å². The van der Waals surface area contributed by atoms with Crippen LogP contribution in [0.5, 0.6) is 0 Å². The van der Waals surface area contributed by atoms with E-state index in [1.54, 1.807) is 4.90 Å². The molecule has 0 aliphatic carbocycles. The predicted molar refractivity (Wildman–Crippen MR) is 176 cm³/mol. The van der Waals surface area contributed by atoms with Gasteiger partial charge in [0, 0.05) is 24.2 Å². The van der Waals surface area contributed by atoms with Crippen LogP contribution in [-0.2, 0) is 15.8 Å². The van der Waals surface area contributed by atoms with Crippen molar-refractivity contribution < 1.29 is 17.9 Å². The van der Waals surface area contributed by atoms with Gasteiger partial charge >= 0.3 is 0 Å². The van der Waals surface area contributed by atoms with Crippen LogP contribution in [0.1, 0.15) is 57.5 Å². The number of hydrogen-bond acceptors (Lipinski definition) is 7. The number of aromatic nitrogens is 2. The Morgan fingerprint density at radius 3 is 2.09 bits per heavy atom. The quantitative estimate of drug-likeness (QED) is 0.144. The van der Waals surface area contributed by atoms with E-state index in [2.05, 4.69) is 60.2 Å². The fourth-order valence-corrected chi connectivity index (χ4v) is 11.1. The Kier molecular flexibility index (Phi) is 9.79. The lowest BCUT2D eigenvalue weighted by Gasteiger charge is -2.43. The highest BCUT2D eigenvalue weighted by molar-refractivity contribution is 6.99. The van der Waals surface area contributed by atoms with Gasteiger partial charge in [0.15, 0.2) is 17.7 Å². The maximum absolute atomic E-state index is 16.4. The Morgan fingerprint density at radius 2 is 1.58 bits per heavy atom. The number of ether oxygens (including phenoxy) is 1. The predicted octanol–water partition coefficient (Wildman–Crippen LogP) is 6.95. The van der Waals surface area contributed by atoms with Gasteiger partial charge in [-0.15, -0.1) is 4.91 Å². The third kappa shape index (κ3) is 6.56. The summed E-state index contributed by atoms with van der Waals surface area (Å²) in [4.78, 5) is 22.1. The van der Waals surface area contributed by atoms with Crippen LogP contribution in [0.4, 0.5) is 14.5 Å². The molecule has 1 aliphatic heterocycles. The highest BCUT2D eigenvalue weighted by Gasteiger charge is 2.50. The first kappa shape index (κ1) is 32.8. The molecule has 11 heteroatoms. The molecule has 5 rings (SSSR count). The standard InChI is InChI=1S/C34H37ClF2N4O3Si/c1-22-19-41(20-23(2)44-22)33-24(16-27(30(36)31(33)37)32(40-42)28-17-38-18-29(35)39-28)21-43-45(34(3,4)5,25-12-8-6-9-13-25)26-14-10-7-11-15-26/h6-18,22-23,32H,19-21H2,1-5H3. The van der Waals surface area contributed by atoms with Crippen molar-refractivity contribution >= 4 is 36.0 Å². The summed E-state index contributed by atoms with van der Waals surface area (Å²) in [6, 6.07) is 20.1. The van der Waals surface area contributed by atoms with Crippen molar-refractivity contribution in [2.75, 3.05) is 18.0 Å². The Balaban J connectivity index is 1.70. The van der Waals surface area contributed by atoms with Gasteiger partial charge in [0.2, 0.25) is 0 Å². The van der Waals surface area contributed by atoms with E-state index in [0.717, 1.165) is 10.4 Å². The average molecular weight is 651 g/mol. The first-order valence-corrected chi connectivity index (χ1v) is 17.2. The summed E-state index contributed by atoms with van der Waals surface area (Å²) >= 11 is 6.03.